The number of hydrogen-bond donors (Lipinski definition) is 1. The summed E-state index contributed by atoms with van der Waals surface area (Å²) in [5, 5.41) is 7.37. The molecule has 7 nitrogen and oxygen atoms in total. The first-order valence-corrected chi connectivity index (χ1v) is 10.5. The lowest BCUT2D eigenvalue weighted by atomic mass is 10.1. The Morgan fingerprint density at radius 3 is 2.62 bits per heavy atom. The first-order valence-electron chi connectivity index (χ1n) is 7.81. The third kappa shape index (κ3) is 3.86. The van der Waals surface area contributed by atoms with E-state index in [-0.39, 0.29) is 27.3 Å². The summed E-state index contributed by atoms with van der Waals surface area (Å²) in [6.45, 7) is 0. The molecule has 0 aliphatic carbocycles. The molecule has 0 aliphatic heterocycles. The Kier molecular flexibility index (Phi) is 4.85. The van der Waals surface area contributed by atoms with Crippen LogP contribution in [0.15, 0.2) is 47.5 Å². The second kappa shape index (κ2) is 7.21. The SMILES string of the molecule is O=S(=O)(Cl)c1ccc(Cl)c(-c2[nH]nc3nc(Oc4ccc(F)cc4F)ncc23)c1. The van der Waals surface area contributed by atoms with Crippen LogP contribution >= 0.6 is 22.3 Å². The lowest BCUT2D eigenvalue weighted by Crippen LogP contribution is -1.95. The third-order valence-corrected chi connectivity index (χ3v) is 5.55. The Morgan fingerprint density at radius 1 is 1.10 bits per heavy atom. The number of benzene rings is 2. The largest absolute Gasteiger partial charge is 0.421 e. The van der Waals surface area contributed by atoms with Crippen molar-refractivity contribution in [2.45, 2.75) is 4.90 Å². The van der Waals surface area contributed by atoms with Gasteiger partial charge in [0.25, 0.3) is 9.05 Å². The third-order valence-electron chi connectivity index (χ3n) is 3.87. The number of nitrogens with one attached hydrogen (secondary N) is 1. The molecule has 0 radical (unpaired) electrons. The van der Waals surface area contributed by atoms with E-state index in [2.05, 4.69) is 20.2 Å². The maximum absolute atomic E-state index is 13.7. The van der Waals surface area contributed by atoms with Crippen LogP contribution in [0.3, 0.4) is 0 Å². The number of aromatic nitrogens is 4. The number of nitrogens with zero attached hydrogens (tertiary/aromatic N) is 3. The topological polar surface area (TPSA) is 97.8 Å². The monoisotopic (exact) mass is 456 g/mol. The number of hydrogen-bond acceptors (Lipinski definition) is 6. The van der Waals surface area contributed by atoms with Gasteiger partial charge in [0.2, 0.25) is 0 Å². The van der Waals surface area contributed by atoms with E-state index in [1.54, 1.807) is 0 Å². The van der Waals surface area contributed by atoms with Gasteiger partial charge in [-0.2, -0.15) is 10.1 Å². The zero-order chi connectivity index (χ0) is 20.8. The zero-order valence-corrected chi connectivity index (χ0v) is 16.4. The summed E-state index contributed by atoms with van der Waals surface area (Å²) in [5.41, 5.74) is 0.826. The minimum Gasteiger partial charge on any atom is -0.421 e. The Morgan fingerprint density at radius 2 is 1.90 bits per heavy atom. The fraction of sp³-hybridized carbons (Fsp3) is 0. The molecular formula is C17H8Cl2F2N4O3S. The van der Waals surface area contributed by atoms with Gasteiger partial charge >= 0.3 is 6.01 Å². The molecule has 2 aromatic heterocycles. The van der Waals surface area contributed by atoms with Gasteiger partial charge in [-0.25, -0.2) is 22.2 Å². The van der Waals surface area contributed by atoms with E-state index in [1.165, 1.54) is 24.4 Å². The van der Waals surface area contributed by atoms with E-state index < -0.39 is 20.7 Å². The first kappa shape index (κ1) is 19.5. The molecule has 148 valence electrons. The van der Waals surface area contributed by atoms with Crippen LogP contribution in [0.2, 0.25) is 5.02 Å². The summed E-state index contributed by atoms with van der Waals surface area (Å²) in [7, 11) is 1.42. The normalized spacial score (nSPS) is 11.7. The molecule has 0 unspecified atom stereocenters. The molecule has 0 bridgehead atoms. The molecular weight excluding hydrogens is 449 g/mol. The lowest BCUT2D eigenvalue weighted by molar-refractivity contribution is 0.409. The molecule has 2 heterocycles. The summed E-state index contributed by atoms with van der Waals surface area (Å²) in [5.74, 6) is -1.92. The highest BCUT2D eigenvalue weighted by atomic mass is 35.7. The van der Waals surface area contributed by atoms with Crippen LogP contribution in [0, 0.1) is 11.6 Å². The van der Waals surface area contributed by atoms with E-state index >= 15 is 0 Å². The second-order valence-corrected chi connectivity index (χ2v) is 8.72. The van der Waals surface area contributed by atoms with Crippen molar-refractivity contribution in [1.82, 2.24) is 20.2 Å². The van der Waals surface area contributed by atoms with Gasteiger partial charge in [-0.15, -0.1) is 0 Å². The molecule has 0 amide bonds. The van der Waals surface area contributed by atoms with Crippen LogP contribution in [0.25, 0.3) is 22.3 Å². The van der Waals surface area contributed by atoms with Crippen molar-refractivity contribution in [3.05, 3.63) is 59.3 Å². The highest BCUT2D eigenvalue weighted by molar-refractivity contribution is 8.13. The molecule has 29 heavy (non-hydrogen) atoms. The van der Waals surface area contributed by atoms with Gasteiger partial charge in [0.05, 0.1) is 21.0 Å². The molecule has 4 rings (SSSR count). The van der Waals surface area contributed by atoms with Crippen LogP contribution in [-0.2, 0) is 9.05 Å². The summed E-state index contributed by atoms with van der Waals surface area (Å²) in [6.07, 6.45) is 1.34. The number of rotatable bonds is 4. The second-order valence-electron chi connectivity index (χ2n) is 5.74. The summed E-state index contributed by atoms with van der Waals surface area (Å²) < 4.78 is 55.2. The molecule has 0 aliphatic rings. The molecule has 0 fully saturated rings. The number of ether oxygens (including phenoxy) is 1. The number of fused-ring (bicyclic) bond motifs is 1. The average Bonchev–Trinajstić information content (AvgIpc) is 3.06. The smallest absolute Gasteiger partial charge is 0.324 e. The average molecular weight is 457 g/mol. The molecule has 0 atom stereocenters. The van der Waals surface area contributed by atoms with Crippen LogP contribution in [0.4, 0.5) is 8.78 Å². The highest BCUT2D eigenvalue weighted by Gasteiger charge is 2.18. The molecule has 2 aromatic carbocycles. The minimum atomic E-state index is -3.97. The predicted molar refractivity (Wildman–Crippen MR) is 102 cm³/mol. The zero-order valence-electron chi connectivity index (χ0n) is 14.0. The Balaban J connectivity index is 1.74. The van der Waals surface area contributed by atoms with Gasteiger partial charge in [0, 0.05) is 28.5 Å². The first-order chi connectivity index (χ1) is 13.7. The molecule has 4 aromatic rings. The van der Waals surface area contributed by atoms with Crippen LogP contribution in [0.1, 0.15) is 0 Å². The highest BCUT2D eigenvalue weighted by Crippen LogP contribution is 2.34. The van der Waals surface area contributed by atoms with Gasteiger partial charge in [-0.3, -0.25) is 5.10 Å². The summed E-state index contributed by atoms with van der Waals surface area (Å²) in [6, 6.07) is 6.52. The Hall–Kier alpha value is -2.82. The van der Waals surface area contributed by atoms with Crippen molar-refractivity contribution >= 4 is 42.4 Å². The summed E-state index contributed by atoms with van der Waals surface area (Å²) >= 11 is 6.18. The molecule has 0 saturated heterocycles. The molecule has 0 saturated carbocycles. The van der Waals surface area contributed by atoms with Gasteiger partial charge in [0.15, 0.2) is 17.2 Å². The van der Waals surface area contributed by atoms with Gasteiger partial charge in [-0.1, -0.05) is 11.6 Å². The van der Waals surface area contributed by atoms with Crippen molar-refractivity contribution in [3.63, 3.8) is 0 Å². The molecule has 0 spiro atoms. The van der Waals surface area contributed by atoms with Crippen LogP contribution in [0.5, 0.6) is 11.8 Å². The maximum Gasteiger partial charge on any atom is 0.324 e. The van der Waals surface area contributed by atoms with E-state index in [9.17, 15) is 17.2 Å². The van der Waals surface area contributed by atoms with E-state index in [4.69, 9.17) is 27.0 Å². The fourth-order valence-electron chi connectivity index (χ4n) is 2.55. The molecule has 12 heteroatoms. The summed E-state index contributed by atoms with van der Waals surface area (Å²) in [4.78, 5) is 7.90. The van der Waals surface area contributed by atoms with Gasteiger partial charge in [0.1, 0.15) is 5.82 Å². The molecule has 1 N–H and O–H groups in total. The van der Waals surface area contributed by atoms with E-state index in [1.807, 2.05) is 0 Å². The minimum absolute atomic E-state index is 0.144. The van der Waals surface area contributed by atoms with Crippen molar-refractivity contribution < 1.29 is 21.9 Å². The predicted octanol–water partition coefficient (Wildman–Crippen LogP) is 4.67. The number of H-pyrrole nitrogens is 1. The Labute approximate surface area is 171 Å². The van der Waals surface area contributed by atoms with Gasteiger partial charge in [-0.05, 0) is 30.3 Å². The number of aromatic amines is 1. The van der Waals surface area contributed by atoms with Crippen molar-refractivity contribution in [2.24, 2.45) is 0 Å². The quantitative estimate of drug-likeness (QED) is 0.448. The van der Waals surface area contributed by atoms with Gasteiger partial charge < -0.3 is 4.74 Å². The van der Waals surface area contributed by atoms with Crippen molar-refractivity contribution in [3.8, 4) is 23.0 Å². The van der Waals surface area contributed by atoms with Crippen LogP contribution in [-0.4, -0.2) is 28.6 Å². The lowest BCUT2D eigenvalue weighted by Gasteiger charge is -2.06. The fourth-order valence-corrected chi connectivity index (χ4v) is 3.54. The van der Waals surface area contributed by atoms with E-state index in [0.29, 0.717) is 22.7 Å². The number of halogens is 4. The standard InChI is InChI=1S/C17H8Cl2F2N4O3S/c18-12-3-2-9(29(19,26)27)6-10(12)15-11-7-22-17(23-16(11)25-24-15)28-14-4-1-8(20)5-13(14)21/h1-7H,(H,22,23,24,25). The van der Waals surface area contributed by atoms with Crippen molar-refractivity contribution in [2.75, 3.05) is 0 Å². The van der Waals surface area contributed by atoms with E-state index in [0.717, 1.165) is 12.1 Å². The Bertz CT molecular complexity index is 1360. The van der Waals surface area contributed by atoms with Crippen LogP contribution < -0.4 is 4.74 Å². The maximum atomic E-state index is 13.7. The van der Waals surface area contributed by atoms with Crippen molar-refractivity contribution in [1.29, 1.82) is 0 Å².